The number of hydrogen-bond acceptors (Lipinski definition) is 4. The lowest BCUT2D eigenvalue weighted by Crippen LogP contribution is -2.38. The van der Waals surface area contributed by atoms with Gasteiger partial charge in [0.1, 0.15) is 11.7 Å². The predicted octanol–water partition coefficient (Wildman–Crippen LogP) is 4.36. The Hall–Kier alpha value is -4.58. The summed E-state index contributed by atoms with van der Waals surface area (Å²) in [6, 6.07) is 29.0. The molecule has 1 atom stereocenters. The van der Waals surface area contributed by atoms with Crippen LogP contribution in [0.2, 0.25) is 0 Å². The average molecular weight is 447 g/mol. The zero-order chi connectivity index (χ0) is 23.3. The Bertz CT molecular complexity index is 1480. The van der Waals surface area contributed by atoms with Crippen molar-refractivity contribution in [3.8, 4) is 11.3 Å². The number of aromatic nitrogens is 3. The van der Waals surface area contributed by atoms with Crippen molar-refractivity contribution in [3.63, 3.8) is 0 Å². The van der Waals surface area contributed by atoms with E-state index in [4.69, 9.17) is 0 Å². The standard InChI is InChI=1S/C28H22N4O2/c33-27(30-19-20-9-3-1-4-10-20)26(22-15-17-29-18-16-22)32-24-14-8-7-13-23(24)31-25(28(32)34)21-11-5-2-6-12-21/h1-18,26H,19H2,(H,30,33). The molecule has 0 spiro atoms. The van der Waals surface area contributed by atoms with Crippen molar-refractivity contribution < 1.29 is 4.79 Å². The lowest BCUT2D eigenvalue weighted by Gasteiger charge is -2.22. The van der Waals surface area contributed by atoms with E-state index in [9.17, 15) is 9.59 Å². The third kappa shape index (κ3) is 4.21. The van der Waals surface area contributed by atoms with E-state index >= 15 is 0 Å². The van der Waals surface area contributed by atoms with E-state index in [1.165, 1.54) is 0 Å². The number of rotatable bonds is 6. The van der Waals surface area contributed by atoms with Crippen LogP contribution < -0.4 is 10.9 Å². The predicted molar refractivity (Wildman–Crippen MR) is 132 cm³/mol. The number of nitrogens with one attached hydrogen (secondary N) is 1. The summed E-state index contributed by atoms with van der Waals surface area (Å²) in [5.74, 6) is -0.285. The number of carbonyl (C=O) groups excluding carboxylic acids is 1. The molecule has 166 valence electrons. The van der Waals surface area contributed by atoms with Crippen molar-refractivity contribution in [2.45, 2.75) is 12.6 Å². The van der Waals surface area contributed by atoms with Crippen LogP contribution in [0.1, 0.15) is 17.2 Å². The van der Waals surface area contributed by atoms with Gasteiger partial charge in [-0.15, -0.1) is 0 Å². The topological polar surface area (TPSA) is 76.9 Å². The van der Waals surface area contributed by atoms with Crippen LogP contribution in [0.25, 0.3) is 22.3 Å². The van der Waals surface area contributed by atoms with Crippen molar-refractivity contribution >= 4 is 16.9 Å². The number of amides is 1. The SMILES string of the molecule is O=C(NCc1ccccc1)C(c1ccncc1)n1c(=O)c(-c2ccccc2)nc2ccccc21. The molecule has 0 bridgehead atoms. The highest BCUT2D eigenvalue weighted by atomic mass is 16.2. The van der Waals surface area contributed by atoms with Crippen LogP contribution >= 0.6 is 0 Å². The van der Waals surface area contributed by atoms with Crippen LogP contribution in [-0.4, -0.2) is 20.4 Å². The van der Waals surface area contributed by atoms with Gasteiger partial charge in [-0.2, -0.15) is 0 Å². The summed E-state index contributed by atoms with van der Waals surface area (Å²) in [6.07, 6.45) is 3.25. The molecule has 6 heteroatoms. The first-order valence-electron chi connectivity index (χ1n) is 11.0. The molecule has 0 saturated carbocycles. The minimum Gasteiger partial charge on any atom is -0.350 e. The van der Waals surface area contributed by atoms with Gasteiger partial charge in [-0.25, -0.2) is 4.98 Å². The molecule has 1 N–H and O–H groups in total. The molecule has 3 aromatic carbocycles. The van der Waals surface area contributed by atoms with Crippen LogP contribution in [0.15, 0.2) is 114 Å². The molecule has 5 rings (SSSR count). The molecule has 1 unspecified atom stereocenters. The molecule has 1 amide bonds. The summed E-state index contributed by atoms with van der Waals surface area (Å²) < 4.78 is 1.54. The van der Waals surface area contributed by atoms with Gasteiger partial charge < -0.3 is 5.32 Å². The maximum atomic E-state index is 13.9. The number of carbonyl (C=O) groups is 1. The van der Waals surface area contributed by atoms with Crippen molar-refractivity contribution in [1.29, 1.82) is 0 Å². The lowest BCUT2D eigenvalue weighted by molar-refractivity contribution is -0.123. The fourth-order valence-corrected chi connectivity index (χ4v) is 4.04. The Kier molecular flexibility index (Phi) is 5.95. The van der Waals surface area contributed by atoms with Crippen molar-refractivity contribution in [2.75, 3.05) is 0 Å². The fraction of sp³-hybridized carbons (Fsp3) is 0.0714. The number of nitrogens with zero attached hydrogens (tertiary/aromatic N) is 3. The minimum atomic E-state index is -0.894. The van der Waals surface area contributed by atoms with Gasteiger partial charge in [0.25, 0.3) is 5.56 Å². The van der Waals surface area contributed by atoms with E-state index in [-0.39, 0.29) is 11.5 Å². The Morgan fingerprint density at radius 1 is 0.824 bits per heavy atom. The molecule has 2 aromatic heterocycles. The van der Waals surface area contributed by atoms with E-state index in [1.54, 1.807) is 29.1 Å². The fourth-order valence-electron chi connectivity index (χ4n) is 4.04. The quantitative estimate of drug-likeness (QED) is 0.420. The molecule has 0 aliphatic carbocycles. The Balaban J connectivity index is 1.69. The summed E-state index contributed by atoms with van der Waals surface area (Å²) in [7, 11) is 0. The molecule has 2 heterocycles. The normalized spacial score (nSPS) is 11.8. The molecule has 34 heavy (non-hydrogen) atoms. The second kappa shape index (κ2) is 9.50. The second-order valence-corrected chi connectivity index (χ2v) is 7.88. The maximum absolute atomic E-state index is 13.9. The lowest BCUT2D eigenvalue weighted by atomic mass is 10.1. The monoisotopic (exact) mass is 446 g/mol. The van der Waals surface area contributed by atoms with E-state index in [0.717, 1.165) is 5.56 Å². The highest BCUT2D eigenvalue weighted by Gasteiger charge is 2.27. The van der Waals surface area contributed by atoms with Crippen LogP contribution in [-0.2, 0) is 11.3 Å². The van der Waals surface area contributed by atoms with Gasteiger partial charge in [0.15, 0.2) is 0 Å². The molecule has 5 aromatic rings. The zero-order valence-electron chi connectivity index (χ0n) is 18.3. The minimum absolute atomic E-state index is 0.285. The van der Waals surface area contributed by atoms with Crippen LogP contribution in [0.3, 0.4) is 0 Å². The molecule has 6 nitrogen and oxygen atoms in total. The largest absolute Gasteiger partial charge is 0.350 e. The van der Waals surface area contributed by atoms with Crippen molar-refractivity contribution in [1.82, 2.24) is 19.9 Å². The van der Waals surface area contributed by atoms with E-state index < -0.39 is 6.04 Å². The summed E-state index contributed by atoms with van der Waals surface area (Å²) >= 11 is 0. The molecule has 0 saturated heterocycles. The Morgan fingerprint density at radius 2 is 1.47 bits per heavy atom. The van der Waals surface area contributed by atoms with Gasteiger partial charge >= 0.3 is 0 Å². The third-order valence-electron chi connectivity index (χ3n) is 5.68. The summed E-state index contributed by atoms with van der Waals surface area (Å²) in [4.78, 5) is 36.3. The Morgan fingerprint density at radius 3 is 2.21 bits per heavy atom. The first kappa shape index (κ1) is 21.3. The zero-order valence-corrected chi connectivity index (χ0v) is 18.3. The van der Waals surface area contributed by atoms with Crippen LogP contribution in [0, 0.1) is 0 Å². The van der Waals surface area contributed by atoms with Gasteiger partial charge in [0, 0.05) is 24.5 Å². The van der Waals surface area contributed by atoms with Gasteiger partial charge in [0.2, 0.25) is 5.91 Å². The van der Waals surface area contributed by atoms with Crippen molar-refractivity contribution in [2.24, 2.45) is 0 Å². The first-order chi connectivity index (χ1) is 16.7. The van der Waals surface area contributed by atoms with Crippen LogP contribution in [0.4, 0.5) is 0 Å². The molecule has 0 aliphatic heterocycles. The van der Waals surface area contributed by atoms with Gasteiger partial charge in [0.05, 0.1) is 11.0 Å². The highest BCUT2D eigenvalue weighted by Crippen LogP contribution is 2.24. The van der Waals surface area contributed by atoms with Crippen LogP contribution in [0.5, 0.6) is 0 Å². The van der Waals surface area contributed by atoms with Gasteiger partial charge in [-0.3, -0.25) is 19.1 Å². The first-order valence-corrected chi connectivity index (χ1v) is 11.0. The molecular formula is C28H22N4O2. The smallest absolute Gasteiger partial charge is 0.278 e. The summed E-state index contributed by atoms with van der Waals surface area (Å²) in [6.45, 7) is 0.352. The molecule has 0 fully saturated rings. The average Bonchev–Trinajstić information content (AvgIpc) is 2.90. The van der Waals surface area contributed by atoms with E-state index in [0.29, 0.717) is 34.4 Å². The Labute approximate surface area is 196 Å². The van der Waals surface area contributed by atoms with Gasteiger partial charge in [-0.05, 0) is 35.4 Å². The molecule has 0 radical (unpaired) electrons. The van der Waals surface area contributed by atoms with Crippen molar-refractivity contribution in [3.05, 3.63) is 131 Å². The number of benzene rings is 3. The number of fused-ring (bicyclic) bond motifs is 1. The molecule has 0 aliphatic rings. The summed E-state index contributed by atoms with van der Waals surface area (Å²) in [5.41, 5.74) is 3.53. The van der Waals surface area contributed by atoms with E-state index in [1.807, 2.05) is 84.9 Å². The molecular weight excluding hydrogens is 424 g/mol. The second-order valence-electron chi connectivity index (χ2n) is 7.88. The number of pyridine rings is 1. The number of hydrogen-bond donors (Lipinski definition) is 1. The number of para-hydroxylation sites is 2. The maximum Gasteiger partial charge on any atom is 0.278 e. The summed E-state index contributed by atoms with van der Waals surface area (Å²) in [5, 5.41) is 3.01. The van der Waals surface area contributed by atoms with Gasteiger partial charge in [-0.1, -0.05) is 72.8 Å². The highest BCUT2D eigenvalue weighted by molar-refractivity contribution is 5.87. The van der Waals surface area contributed by atoms with E-state index in [2.05, 4.69) is 15.3 Å². The third-order valence-corrected chi connectivity index (χ3v) is 5.68.